The van der Waals surface area contributed by atoms with Crippen LogP contribution < -0.4 is 10.6 Å². The molecule has 3 nitrogen and oxygen atoms in total. The Hall–Kier alpha value is -2.29. The van der Waals surface area contributed by atoms with E-state index in [1.165, 1.54) is 36.8 Å². The van der Waals surface area contributed by atoms with E-state index in [9.17, 15) is 4.79 Å². The van der Waals surface area contributed by atoms with Crippen LogP contribution in [0.15, 0.2) is 48.5 Å². The van der Waals surface area contributed by atoms with Crippen LogP contribution in [0.2, 0.25) is 0 Å². The number of carbonyl (C=O) groups is 1. The van der Waals surface area contributed by atoms with Crippen LogP contribution in [-0.4, -0.2) is 6.03 Å². The molecule has 0 saturated heterocycles. The van der Waals surface area contributed by atoms with Gasteiger partial charge in [0.05, 0.1) is 0 Å². The van der Waals surface area contributed by atoms with Crippen molar-refractivity contribution in [2.24, 2.45) is 0 Å². The van der Waals surface area contributed by atoms with Crippen molar-refractivity contribution in [1.29, 1.82) is 0 Å². The van der Waals surface area contributed by atoms with E-state index in [2.05, 4.69) is 29.7 Å². The van der Waals surface area contributed by atoms with Crippen LogP contribution in [0.5, 0.6) is 0 Å². The Morgan fingerprint density at radius 3 is 2.39 bits per heavy atom. The molecule has 0 aliphatic heterocycles. The molecule has 0 bridgehead atoms. The monoisotopic (exact) mass is 308 g/mol. The number of amides is 2. The molecule has 3 rings (SSSR count). The standard InChI is InChI=1S/C20H24N2O/c1-2-15-11-13-17(14-12-15)21-20(23)22-19-10-6-5-9-18(19)16-7-3-4-8-16/h5-6,9-14,16H,2-4,7-8H2,1H3,(H2,21,22,23). The molecule has 3 heteroatoms. The molecule has 0 spiro atoms. The van der Waals surface area contributed by atoms with Crippen molar-refractivity contribution >= 4 is 17.4 Å². The van der Waals surface area contributed by atoms with Gasteiger partial charge in [-0.25, -0.2) is 4.79 Å². The van der Waals surface area contributed by atoms with Crippen molar-refractivity contribution in [3.8, 4) is 0 Å². The van der Waals surface area contributed by atoms with E-state index in [0.29, 0.717) is 5.92 Å². The number of hydrogen-bond acceptors (Lipinski definition) is 1. The number of rotatable bonds is 4. The summed E-state index contributed by atoms with van der Waals surface area (Å²) in [5.41, 5.74) is 4.28. The van der Waals surface area contributed by atoms with Gasteiger partial charge in [-0.05, 0) is 54.5 Å². The highest BCUT2D eigenvalue weighted by atomic mass is 16.2. The van der Waals surface area contributed by atoms with Gasteiger partial charge >= 0.3 is 6.03 Å². The number of hydrogen-bond donors (Lipinski definition) is 2. The Kier molecular flexibility index (Phi) is 4.96. The van der Waals surface area contributed by atoms with Gasteiger partial charge in [-0.3, -0.25) is 0 Å². The van der Waals surface area contributed by atoms with Crippen LogP contribution in [0.3, 0.4) is 0 Å². The van der Waals surface area contributed by atoms with Crippen molar-refractivity contribution < 1.29 is 4.79 Å². The van der Waals surface area contributed by atoms with E-state index in [1.54, 1.807) is 0 Å². The summed E-state index contributed by atoms with van der Waals surface area (Å²) in [6.45, 7) is 2.12. The molecule has 0 radical (unpaired) electrons. The van der Waals surface area contributed by atoms with Crippen LogP contribution in [0.4, 0.5) is 16.2 Å². The van der Waals surface area contributed by atoms with E-state index in [4.69, 9.17) is 0 Å². The molecular formula is C20H24N2O. The summed E-state index contributed by atoms with van der Waals surface area (Å²) in [5.74, 6) is 0.579. The zero-order valence-corrected chi connectivity index (χ0v) is 13.6. The van der Waals surface area contributed by atoms with Crippen LogP contribution in [-0.2, 0) is 6.42 Å². The molecule has 1 fully saturated rings. The van der Waals surface area contributed by atoms with Gasteiger partial charge in [0.2, 0.25) is 0 Å². The maximum absolute atomic E-state index is 12.3. The van der Waals surface area contributed by atoms with Crippen molar-refractivity contribution in [2.75, 3.05) is 10.6 Å². The molecule has 120 valence electrons. The largest absolute Gasteiger partial charge is 0.323 e. The maximum Gasteiger partial charge on any atom is 0.323 e. The first kappa shape index (κ1) is 15.6. The van der Waals surface area contributed by atoms with Gasteiger partial charge in [-0.1, -0.05) is 50.1 Å². The molecule has 0 atom stereocenters. The van der Waals surface area contributed by atoms with Crippen molar-refractivity contribution in [3.63, 3.8) is 0 Å². The Labute approximate surface area is 138 Å². The van der Waals surface area contributed by atoms with Crippen molar-refractivity contribution in [1.82, 2.24) is 0 Å². The highest BCUT2D eigenvalue weighted by Crippen LogP contribution is 2.37. The number of urea groups is 1. The third-order valence-corrected chi connectivity index (χ3v) is 4.62. The number of benzene rings is 2. The average molecular weight is 308 g/mol. The quantitative estimate of drug-likeness (QED) is 0.763. The van der Waals surface area contributed by atoms with E-state index >= 15 is 0 Å². The van der Waals surface area contributed by atoms with Crippen LogP contribution in [0, 0.1) is 0 Å². The summed E-state index contributed by atoms with van der Waals surface area (Å²) in [5, 5.41) is 5.92. The molecule has 1 aliphatic carbocycles. The van der Waals surface area contributed by atoms with E-state index in [-0.39, 0.29) is 6.03 Å². The Balaban J connectivity index is 1.67. The highest BCUT2D eigenvalue weighted by Gasteiger charge is 2.20. The minimum absolute atomic E-state index is 0.181. The van der Waals surface area contributed by atoms with Gasteiger partial charge < -0.3 is 10.6 Å². The summed E-state index contributed by atoms with van der Waals surface area (Å²) in [6.07, 6.45) is 6.02. The third kappa shape index (κ3) is 3.92. The van der Waals surface area contributed by atoms with Gasteiger partial charge in [0.15, 0.2) is 0 Å². The summed E-state index contributed by atoms with van der Waals surface area (Å²) in [4.78, 5) is 12.3. The summed E-state index contributed by atoms with van der Waals surface area (Å²) >= 11 is 0. The Morgan fingerprint density at radius 2 is 1.70 bits per heavy atom. The lowest BCUT2D eigenvalue weighted by Crippen LogP contribution is -2.20. The fourth-order valence-corrected chi connectivity index (χ4v) is 3.31. The molecule has 23 heavy (non-hydrogen) atoms. The first-order chi connectivity index (χ1) is 11.3. The lowest BCUT2D eigenvalue weighted by atomic mass is 9.96. The van der Waals surface area contributed by atoms with E-state index in [1.807, 2.05) is 36.4 Å². The second kappa shape index (κ2) is 7.32. The number of nitrogens with one attached hydrogen (secondary N) is 2. The van der Waals surface area contributed by atoms with Crippen LogP contribution in [0.25, 0.3) is 0 Å². The van der Waals surface area contributed by atoms with Crippen LogP contribution >= 0.6 is 0 Å². The van der Waals surface area contributed by atoms with Gasteiger partial charge in [0, 0.05) is 11.4 Å². The zero-order chi connectivity index (χ0) is 16.1. The predicted octanol–water partition coefficient (Wildman–Crippen LogP) is 5.55. The molecule has 0 heterocycles. The number of aryl methyl sites for hydroxylation is 1. The molecule has 2 N–H and O–H groups in total. The lowest BCUT2D eigenvalue weighted by Gasteiger charge is -2.16. The fourth-order valence-electron chi connectivity index (χ4n) is 3.31. The normalized spacial score (nSPS) is 14.7. The molecule has 0 aromatic heterocycles. The predicted molar refractivity (Wildman–Crippen MR) is 96.1 cm³/mol. The molecular weight excluding hydrogens is 284 g/mol. The first-order valence-electron chi connectivity index (χ1n) is 8.52. The molecule has 2 amide bonds. The summed E-state index contributed by atoms with van der Waals surface area (Å²) in [7, 11) is 0. The Bertz CT molecular complexity index is 658. The number of carbonyl (C=O) groups excluding carboxylic acids is 1. The number of para-hydroxylation sites is 1. The second-order valence-corrected chi connectivity index (χ2v) is 6.20. The minimum atomic E-state index is -0.181. The minimum Gasteiger partial charge on any atom is -0.308 e. The van der Waals surface area contributed by atoms with Gasteiger partial charge in [0.1, 0.15) is 0 Å². The highest BCUT2D eigenvalue weighted by molar-refractivity contribution is 6.00. The van der Waals surface area contributed by atoms with Gasteiger partial charge in [-0.15, -0.1) is 0 Å². The van der Waals surface area contributed by atoms with Gasteiger partial charge in [-0.2, -0.15) is 0 Å². The topological polar surface area (TPSA) is 41.1 Å². The first-order valence-corrected chi connectivity index (χ1v) is 8.52. The van der Waals surface area contributed by atoms with Gasteiger partial charge in [0.25, 0.3) is 0 Å². The van der Waals surface area contributed by atoms with Crippen molar-refractivity contribution in [2.45, 2.75) is 44.9 Å². The lowest BCUT2D eigenvalue weighted by molar-refractivity contribution is 0.262. The summed E-state index contributed by atoms with van der Waals surface area (Å²) in [6, 6.07) is 16.0. The van der Waals surface area contributed by atoms with E-state index in [0.717, 1.165) is 17.8 Å². The molecule has 0 unspecified atom stereocenters. The van der Waals surface area contributed by atoms with Crippen molar-refractivity contribution in [3.05, 3.63) is 59.7 Å². The molecule has 2 aromatic rings. The second-order valence-electron chi connectivity index (χ2n) is 6.20. The van der Waals surface area contributed by atoms with E-state index < -0.39 is 0 Å². The molecule has 2 aromatic carbocycles. The molecule has 1 aliphatic rings. The summed E-state index contributed by atoms with van der Waals surface area (Å²) < 4.78 is 0. The maximum atomic E-state index is 12.3. The third-order valence-electron chi connectivity index (χ3n) is 4.62. The Morgan fingerprint density at radius 1 is 1.00 bits per heavy atom. The zero-order valence-electron chi connectivity index (χ0n) is 13.6. The SMILES string of the molecule is CCc1ccc(NC(=O)Nc2ccccc2C2CCCC2)cc1. The molecule has 1 saturated carbocycles. The average Bonchev–Trinajstić information content (AvgIpc) is 3.10. The number of anilines is 2. The van der Waals surface area contributed by atoms with Crippen LogP contribution in [0.1, 0.15) is 49.7 Å². The fraction of sp³-hybridized carbons (Fsp3) is 0.350. The smallest absolute Gasteiger partial charge is 0.308 e.